The van der Waals surface area contributed by atoms with E-state index in [1.165, 1.54) is 11.1 Å². The standard InChI is InChI=1S/C22H28FN3O/c1-16-7-8-18(11-21(16)23)13-25-12-17-4-2-5-19(10-17)14-26-9-3-6-20(15-26)22(24)27/h2,4-5,7-8,10-11,20,25H,3,6,9,12-15H2,1H3,(H2,24,27). The molecule has 0 bridgehead atoms. The zero-order valence-electron chi connectivity index (χ0n) is 15.9. The van der Waals surface area contributed by atoms with Crippen LogP contribution < -0.4 is 11.1 Å². The maximum absolute atomic E-state index is 13.6. The van der Waals surface area contributed by atoms with Crippen molar-refractivity contribution in [1.29, 1.82) is 0 Å². The summed E-state index contributed by atoms with van der Waals surface area (Å²) in [7, 11) is 0. The molecule has 1 amide bonds. The van der Waals surface area contributed by atoms with Crippen LogP contribution in [0.2, 0.25) is 0 Å². The number of amides is 1. The third-order valence-electron chi connectivity index (χ3n) is 5.20. The number of hydrogen-bond acceptors (Lipinski definition) is 3. The Kier molecular flexibility index (Phi) is 6.58. The number of carbonyl (C=O) groups excluding carboxylic acids is 1. The molecule has 0 radical (unpaired) electrons. The Morgan fingerprint density at radius 2 is 1.93 bits per heavy atom. The molecule has 1 saturated heterocycles. The van der Waals surface area contributed by atoms with Gasteiger partial charge in [-0.15, -0.1) is 0 Å². The lowest BCUT2D eigenvalue weighted by Crippen LogP contribution is -2.40. The van der Waals surface area contributed by atoms with Gasteiger partial charge in [-0.05, 0) is 54.6 Å². The van der Waals surface area contributed by atoms with Crippen molar-refractivity contribution in [3.63, 3.8) is 0 Å². The molecule has 1 fully saturated rings. The molecule has 1 atom stereocenters. The second-order valence-electron chi connectivity index (χ2n) is 7.48. The van der Waals surface area contributed by atoms with Crippen LogP contribution in [0.3, 0.4) is 0 Å². The van der Waals surface area contributed by atoms with E-state index in [1.807, 2.05) is 12.1 Å². The quantitative estimate of drug-likeness (QED) is 0.788. The summed E-state index contributed by atoms with van der Waals surface area (Å²) in [5, 5.41) is 3.38. The number of likely N-dealkylation sites (tertiary alicyclic amines) is 1. The average Bonchev–Trinajstić information content (AvgIpc) is 2.65. The van der Waals surface area contributed by atoms with E-state index in [0.29, 0.717) is 12.1 Å². The van der Waals surface area contributed by atoms with E-state index >= 15 is 0 Å². The van der Waals surface area contributed by atoms with E-state index in [9.17, 15) is 9.18 Å². The third kappa shape index (κ3) is 5.62. The van der Waals surface area contributed by atoms with Gasteiger partial charge in [0, 0.05) is 26.2 Å². The number of rotatable bonds is 7. The van der Waals surface area contributed by atoms with Gasteiger partial charge in [-0.1, -0.05) is 36.4 Å². The lowest BCUT2D eigenvalue weighted by Gasteiger charge is -2.31. The molecule has 2 aromatic carbocycles. The summed E-state index contributed by atoms with van der Waals surface area (Å²) in [4.78, 5) is 13.8. The summed E-state index contributed by atoms with van der Waals surface area (Å²) in [5.74, 6) is -0.379. The minimum Gasteiger partial charge on any atom is -0.369 e. The Morgan fingerprint density at radius 1 is 1.19 bits per heavy atom. The smallest absolute Gasteiger partial charge is 0.221 e. The van der Waals surface area contributed by atoms with Gasteiger partial charge in [0.2, 0.25) is 5.91 Å². The molecule has 27 heavy (non-hydrogen) atoms. The molecule has 0 aliphatic carbocycles. The number of hydrogen-bond donors (Lipinski definition) is 2. The number of nitrogens with two attached hydrogens (primary N) is 1. The van der Waals surface area contributed by atoms with E-state index < -0.39 is 0 Å². The molecular formula is C22H28FN3O. The maximum atomic E-state index is 13.6. The van der Waals surface area contributed by atoms with Crippen LogP contribution >= 0.6 is 0 Å². The van der Waals surface area contributed by atoms with Crippen LogP contribution in [0.1, 0.15) is 35.1 Å². The fourth-order valence-electron chi connectivity index (χ4n) is 3.63. The summed E-state index contributed by atoms with van der Waals surface area (Å²) in [6, 6.07) is 13.8. The summed E-state index contributed by atoms with van der Waals surface area (Å²) in [6.07, 6.45) is 1.91. The predicted molar refractivity (Wildman–Crippen MR) is 105 cm³/mol. The first kappa shape index (κ1) is 19.5. The van der Waals surface area contributed by atoms with Gasteiger partial charge >= 0.3 is 0 Å². The third-order valence-corrected chi connectivity index (χ3v) is 5.20. The van der Waals surface area contributed by atoms with Crippen LogP contribution in [0.5, 0.6) is 0 Å². The van der Waals surface area contributed by atoms with Crippen LogP contribution in [0, 0.1) is 18.7 Å². The van der Waals surface area contributed by atoms with Gasteiger partial charge in [0.05, 0.1) is 5.92 Å². The molecule has 2 aromatic rings. The molecule has 4 nitrogen and oxygen atoms in total. The van der Waals surface area contributed by atoms with Crippen molar-refractivity contribution in [2.45, 2.75) is 39.4 Å². The molecule has 3 rings (SSSR count). The highest BCUT2D eigenvalue weighted by atomic mass is 19.1. The number of halogens is 1. The first-order chi connectivity index (χ1) is 13.0. The zero-order valence-corrected chi connectivity index (χ0v) is 15.9. The van der Waals surface area contributed by atoms with Gasteiger partial charge < -0.3 is 11.1 Å². The molecule has 1 aliphatic rings. The van der Waals surface area contributed by atoms with Crippen LogP contribution in [-0.2, 0) is 24.4 Å². The number of aryl methyl sites for hydroxylation is 1. The molecule has 0 aromatic heterocycles. The lowest BCUT2D eigenvalue weighted by molar-refractivity contribution is -0.123. The van der Waals surface area contributed by atoms with Gasteiger partial charge in [-0.25, -0.2) is 4.39 Å². The molecule has 1 heterocycles. The molecule has 0 spiro atoms. The van der Waals surface area contributed by atoms with Gasteiger partial charge in [0.1, 0.15) is 5.82 Å². The first-order valence-corrected chi connectivity index (χ1v) is 9.56. The number of benzene rings is 2. The molecule has 5 heteroatoms. The van der Waals surface area contributed by atoms with Crippen LogP contribution in [0.4, 0.5) is 4.39 Å². The average molecular weight is 369 g/mol. The molecule has 0 saturated carbocycles. The Balaban J connectivity index is 1.52. The number of nitrogens with zero attached hydrogens (tertiary/aromatic N) is 1. The van der Waals surface area contributed by atoms with E-state index in [0.717, 1.165) is 44.6 Å². The van der Waals surface area contributed by atoms with Crippen LogP contribution in [0.25, 0.3) is 0 Å². The fraction of sp³-hybridized carbons (Fsp3) is 0.409. The topological polar surface area (TPSA) is 58.4 Å². The lowest BCUT2D eigenvalue weighted by atomic mass is 9.97. The highest BCUT2D eigenvalue weighted by Crippen LogP contribution is 2.19. The van der Waals surface area contributed by atoms with Crippen molar-refractivity contribution in [2.24, 2.45) is 11.7 Å². The Labute approximate surface area is 160 Å². The summed E-state index contributed by atoms with van der Waals surface area (Å²) >= 11 is 0. The molecule has 144 valence electrons. The second-order valence-corrected chi connectivity index (χ2v) is 7.48. The van der Waals surface area contributed by atoms with Gasteiger partial charge in [0.25, 0.3) is 0 Å². The monoisotopic (exact) mass is 369 g/mol. The highest BCUT2D eigenvalue weighted by molar-refractivity contribution is 5.76. The fourth-order valence-corrected chi connectivity index (χ4v) is 3.63. The Hall–Kier alpha value is -2.24. The van der Waals surface area contributed by atoms with Gasteiger partial charge in [-0.3, -0.25) is 9.69 Å². The number of piperidine rings is 1. The van der Waals surface area contributed by atoms with E-state index in [-0.39, 0.29) is 17.6 Å². The molecule has 1 unspecified atom stereocenters. The number of carbonyl (C=O) groups is 1. The summed E-state index contributed by atoms with van der Waals surface area (Å²) < 4.78 is 13.6. The van der Waals surface area contributed by atoms with Crippen molar-refractivity contribution in [3.05, 3.63) is 70.5 Å². The van der Waals surface area contributed by atoms with E-state index in [1.54, 1.807) is 13.0 Å². The summed E-state index contributed by atoms with van der Waals surface area (Å²) in [5.41, 5.74) is 9.52. The van der Waals surface area contributed by atoms with Crippen LogP contribution in [0.15, 0.2) is 42.5 Å². The Bertz CT molecular complexity index is 793. The van der Waals surface area contributed by atoms with Gasteiger partial charge in [-0.2, -0.15) is 0 Å². The zero-order chi connectivity index (χ0) is 19.2. The van der Waals surface area contributed by atoms with Crippen molar-refractivity contribution in [3.8, 4) is 0 Å². The van der Waals surface area contributed by atoms with Crippen molar-refractivity contribution < 1.29 is 9.18 Å². The molecular weight excluding hydrogens is 341 g/mol. The maximum Gasteiger partial charge on any atom is 0.221 e. The van der Waals surface area contributed by atoms with Crippen molar-refractivity contribution >= 4 is 5.91 Å². The highest BCUT2D eigenvalue weighted by Gasteiger charge is 2.23. The normalized spacial score (nSPS) is 17.8. The molecule has 3 N–H and O–H groups in total. The van der Waals surface area contributed by atoms with Gasteiger partial charge in [0.15, 0.2) is 0 Å². The Morgan fingerprint density at radius 3 is 2.67 bits per heavy atom. The predicted octanol–water partition coefficient (Wildman–Crippen LogP) is 3.12. The second kappa shape index (κ2) is 9.11. The van der Waals surface area contributed by atoms with Crippen LogP contribution in [-0.4, -0.2) is 23.9 Å². The minimum absolute atomic E-state index is 0.0292. The summed E-state index contributed by atoms with van der Waals surface area (Å²) in [6.45, 7) is 5.72. The number of nitrogens with one attached hydrogen (secondary N) is 1. The van der Waals surface area contributed by atoms with E-state index in [4.69, 9.17) is 5.73 Å². The number of primary amides is 1. The first-order valence-electron chi connectivity index (χ1n) is 9.56. The van der Waals surface area contributed by atoms with Crippen molar-refractivity contribution in [1.82, 2.24) is 10.2 Å². The van der Waals surface area contributed by atoms with Crippen molar-refractivity contribution in [2.75, 3.05) is 13.1 Å². The largest absolute Gasteiger partial charge is 0.369 e. The molecule has 1 aliphatic heterocycles. The van der Waals surface area contributed by atoms with E-state index in [2.05, 4.69) is 34.5 Å². The SMILES string of the molecule is Cc1ccc(CNCc2cccc(CN3CCCC(C(N)=O)C3)c2)cc1F. The minimum atomic E-state index is -0.190.